The normalized spacial score (nSPS) is 14.8. The summed E-state index contributed by atoms with van der Waals surface area (Å²) in [5, 5.41) is 3.25. The highest BCUT2D eigenvalue weighted by molar-refractivity contribution is 6.05. The van der Waals surface area contributed by atoms with Crippen molar-refractivity contribution in [3.63, 3.8) is 0 Å². The Morgan fingerprint density at radius 2 is 1.72 bits per heavy atom. The van der Waals surface area contributed by atoms with Gasteiger partial charge < -0.3 is 19.2 Å². The van der Waals surface area contributed by atoms with E-state index in [9.17, 15) is 9.59 Å². The third-order valence-electron chi connectivity index (χ3n) is 5.48. The summed E-state index contributed by atoms with van der Waals surface area (Å²) in [5.41, 5.74) is 1.71. The van der Waals surface area contributed by atoms with Crippen molar-refractivity contribution >= 4 is 16.9 Å². The standard InChI is InChI=1S/C26H21NO5/c1-16-23(28)19-10-7-11-20(25(19)32-24(16)17-8-3-2-4-9-17)26(29)27-14-18-15-30-21-12-5-6-13-22(21)31-18/h2-13,18H,14-15H2,1H3,(H,27,29)/t18-/m1/s1. The number of benzene rings is 3. The average molecular weight is 427 g/mol. The molecule has 0 spiro atoms. The highest BCUT2D eigenvalue weighted by Crippen LogP contribution is 2.31. The molecule has 1 amide bonds. The molecule has 5 rings (SSSR count). The van der Waals surface area contributed by atoms with Crippen LogP contribution in [0.15, 0.2) is 82.0 Å². The molecule has 0 unspecified atom stereocenters. The van der Waals surface area contributed by atoms with Gasteiger partial charge in [0.15, 0.2) is 22.5 Å². The van der Waals surface area contributed by atoms with Crippen molar-refractivity contribution < 1.29 is 18.7 Å². The van der Waals surface area contributed by atoms with E-state index in [1.165, 1.54) is 0 Å². The summed E-state index contributed by atoms with van der Waals surface area (Å²) in [7, 11) is 0. The summed E-state index contributed by atoms with van der Waals surface area (Å²) < 4.78 is 17.7. The highest BCUT2D eigenvalue weighted by Gasteiger charge is 2.23. The van der Waals surface area contributed by atoms with Crippen LogP contribution in [0.4, 0.5) is 0 Å². The van der Waals surface area contributed by atoms with Gasteiger partial charge in [-0.25, -0.2) is 0 Å². The summed E-state index contributed by atoms with van der Waals surface area (Å²) >= 11 is 0. The lowest BCUT2D eigenvalue weighted by Gasteiger charge is -2.26. The van der Waals surface area contributed by atoms with Crippen molar-refractivity contribution in [3.05, 3.63) is 94.1 Å². The maximum atomic E-state index is 13.0. The van der Waals surface area contributed by atoms with Gasteiger partial charge in [-0.1, -0.05) is 48.5 Å². The zero-order chi connectivity index (χ0) is 22.1. The zero-order valence-electron chi connectivity index (χ0n) is 17.5. The lowest BCUT2D eigenvalue weighted by atomic mass is 10.0. The Bertz CT molecular complexity index is 1360. The van der Waals surface area contributed by atoms with Gasteiger partial charge in [-0.05, 0) is 31.2 Å². The summed E-state index contributed by atoms with van der Waals surface area (Å²) in [4.78, 5) is 26.0. The van der Waals surface area contributed by atoms with E-state index in [1.807, 2.05) is 54.6 Å². The molecular weight excluding hydrogens is 406 g/mol. The molecule has 3 aromatic carbocycles. The molecule has 4 aromatic rings. The Hall–Kier alpha value is -4.06. The van der Waals surface area contributed by atoms with E-state index < -0.39 is 0 Å². The molecule has 160 valence electrons. The van der Waals surface area contributed by atoms with E-state index in [4.69, 9.17) is 13.9 Å². The van der Waals surface area contributed by atoms with Crippen molar-refractivity contribution in [2.75, 3.05) is 13.2 Å². The SMILES string of the molecule is Cc1c(-c2ccccc2)oc2c(C(=O)NC[C@@H]3COc4ccccc4O3)cccc2c1=O. The van der Waals surface area contributed by atoms with E-state index in [2.05, 4.69) is 5.32 Å². The molecule has 1 aliphatic rings. The van der Waals surface area contributed by atoms with Gasteiger partial charge in [-0.3, -0.25) is 9.59 Å². The number of hydrogen-bond acceptors (Lipinski definition) is 5. The quantitative estimate of drug-likeness (QED) is 0.524. The molecule has 2 heterocycles. The summed E-state index contributed by atoms with van der Waals surface area (Å²) in [5.74, 6) is 1.46. The highest BCUT2D eigenvalue weighted by atomic mass is 16.6. The van der Waals surface area contributed by atoms with Crippen LogP contribution < -0.4 is 20.2 Å². The van der Waals surface area contributed by atoms with Crippen LogP contribution in [0.25, 0.3) is 22.3 Å². The van der Waals surface area contributed by atoms with Crippen LogP contribution in [0.5, 0.6) is 11.5 Å². The summed E-state index contributed by atoms with van der Waals surface area (Å²) in [6.45, 7) is 2.32. The molecular formula is C26H21NO5. The summed E-state index contributed by atoms with van der Waals surface area (Å²) in [6, 6.07) is 21.8. The minimum Gasteiger partial charge on any atom is -0.486 e. The number of nitrogens with one attached hydrogen (secondary N) is 1. The van der Waals surface area contributed by atoms with Gasteiger partial charge in [0.2, 0.25) is 0 Å². The molecule has 0 radical (unpaired) electrons. The fourth-order valence-corrected chi connectivity index (χ4v) is 3.82. The second-order valence-corrected chi connectivity index (χ2v) is 7.64. The molecule has 0 fully saturated rings. The number of fused-ring (bicyclic) bond motifs is 2. The second kappa shape index (κ2) is 8.23. The first-order valence-corrected chi connectivity index (χ1v) is 10.4. The molecule has 0 bridgehead atoms. The molecule has 0 saturated carbocycles. The monoisotopic (exact) mass is 427 g/mol. The maximum absolute atomic E-state index is 13.0. The van der Waals surface area contributed by atoms with Crippen molar-refractivity contribution in [1.29, 1.82) is 0 Å². The van der Waals surface area contributed by atoms with Gasteiger partial charge in [0.05, 0.1) is 17.5 Å². The van der Waals surface area contributed by atoms with Gasteiger partial charge in [-0.2, -0.15) is 0 Å². The Morgan fingerprint density at radius 3 is 2.53 bits per heavy atom. The van der Waals surface area contributed by atoms with E-state index >= 15 is 0 Å². The Morgan fingerprint density at radius 1 is 0.969 bits per heavy atom. The van der Waals surface area contributed by atoms with Gasteiger partial charge in [0.25, 0.3) is 5.91 Å². The number of ether oxygens (including phenoxy) is 2. The smallest absolute Gasteiger partial charge is 0.255 e. The van der Waals surface area contributed by atoms with Crippen LogP contribution in [0.3, 0.4) is 0 Å². The third-order valence-corrected chi connectivity index (χ3v) is 5.48. The van der Waals surface area contributed by atoms with Crippen LogP contribution in [0.1, 0.15) is 15.9 Å². The topological polar surface area (TPSA) is 77.8 Å². The minimum absolute atomic E-state index is 0.152. The Balaban J connectivity index is 1.43. The van der Waals surface area contributed by atoms with Crippen LogP contribution >= 0.6 is 0 Å². The van der Waals surface area contributed by atoms with Crippen molar-refractivity contribution in [2.45, 2.75) is 13.0 Å². The number of carbonyl (C=O) groups excluding carboxylic acids is 1. The Kier molecular flexibility index (Phi) is 5.11. The maximum Gasteiger partial charge on any atom is 0.255 e. The van der Waals surface area contributed by atoms with E-state index in [1.54, 1.807) is 25.1 Å². The zero-order valence-corrected chi connectivity index (χ0v) is 17.5. The lowest BCUT2D eigenvalue weighted by molar-refractivity contribution is 0.0789. The number of hydrogen-bond donors (Lipinski definition) is 1. The summed E-state index contributed by atoms with van der Waals surface area (Å²) in [6.07, 6.45) is -0.321. The molecule has 0 aliphatic carbocycles. The molecule has 32 heavy (non-hydrogen) atoms. The largest absolute Gasteiger partial charge is 0.486 e. The number of rotatable bonds is 4. The first kappa shape index (κ1) is 19.9. The average Bonchev–Trinajstić information content (AvgIpc) is 2.84. The van der Waals surface area contributed by atoms with Crippen LogP contribution in [-0.2, 0) is 0 Å². The minimum atomic E-state index is -0.343. The number of para-hydroxylation sites is 3. The van der Waals surface area contributed by atoms with Crippen molar-refractivity contribution in [3.8, 4) is 22.8 Å². The molecule has 1 atom stereocenters. The van der Waals surface area contributed by atoms with Crippen molar-refractivity contribution in [1.82, 2.24) is 5.32 Å². The van der Waals surface area contributed by atoms with Gasteiger partial charge >= 0.3 is 0 Å². The third kappa shape index (κ3) is 3.60. The Labute approximate surface area is 184 Å². The molecule has 6 nitrogen and oxygen atoms in total. The predicted octanol–water partition coefficient (Wildman–Crippen LogP) is 4.34. The van der Waals surface area contributed by atoms with Gasteiger partial charge in [0, 0.05) is 11.1 Å². The van der Waals surface area contributed by atoms with Crippen LogP contribution in [-0.4, -0.2) is 25.2 Å². The molecule has 1 N–H and O–H groups in total. The van der Waals surface area contributed by atoms with Gasteiger partial charge in [-0.15, -0.1) is 0 Å². The molecule has 0 saturated heterocycles. The first-order valence-electron chi connectivity index (χ1n) is 10.4. The van der Waals surface area contributed by atoms with E-state index in [-0.39, 0.29) is 29.6 Å². The molecule has 1 aliphatic heterocycles. The van der Waals surface area contributed by atoms with E-state index in [0.29, 0.717) is 40.4 Å². The van der Waals surface area contributed by atoms with Crippen LogP contribution in [0.2, 0.25) is 0 Å². The van der Waals surface area contributed by atoms with Crippen molar-refractivity contribution in [2.24, 2.45) is 0 Å². The fourth-order valence-electron chi connectivity index (χ4n) is 3.82. The lowest BCUT2D eigenvalue weighted by Crippen LogP contribution is -2.40. The van der Waals surface area contributed by atoms with E-state index in [0.717, 1.165) is 5.56 Å². The predicted molar refractivity (Wildman–Crippen MR) is 121 cm³/mol. The van der Waals surface area contributed by atoms with Gasteiger partial charge in [0.1, 0.15) is 18.5 Å². The number of carbonyl (C=O) groups is 1. The molecule has 1 aromatic heterocycles. The second-order valence-electron chi connectivity index (χ2n) is 7.64. The molecule has 6 heteroatoms. The van der Waals surface area contributed by atoms with Crippen LogP contribution in [0, 0.1) is 6.92 Å². The first-order chi connectivity index (χ1) is 15.6. The number of amides is 1. The fraction of sp³-hybridized carbons (Fsp3) is 0.154.